The van der Waals surface area contributed by atoms with Crippen molar-refractivity contribution in [1.29, 1.82) is 0 Å². The van der Waals surface area contributed by atoms with Crippen LogP contribution in [0.5, 0.6) is 0 Å². The van der Waals surface area contributed by atoms with Crippen molar-refractivity contribution < 1.29 is 13.6 Å². The minimum atomic E-state index is -2.40. The second kappa shape index (κ2) is 4.41. The minimum Gasteiger partial charge on any atom is -0.312 e. The van der Waals surface area contributed by atoms with Crippen molar-refractivity contribution in [2.24, 2.45) is 0 Å². The first-order valence-electron chi connectivity index (χ1n) is 4.94. The molecule has 0 spiro atoms. The van der Waals surface area contributed by atoms with E-state index in [0.29, 0.717) is 23.2 Å². The van der Waals surface area contributed by atoms with Crippen LogP contribution in [0.4, 0.5) is 14.5 Å². The highest BCUT2D eigenvalue weighted by atomic mass is 32.2. The zero-order valence-electron chi connectivity index (χ0n) is 8.74. The Morgan fingerprint density at radius 3 is 2.88 bits per heavy atom. The van der Waals surface area contributed by atoms with Crippen molar-refractivity contribution in [2.45, 2.75) is 24.0 Å². The number of alkyl halides is 2. The molecule has 86 valence electrons. The molecule has 5 heteroatoms. The van der Waals surface area contributed by atoms with Crippen LogP contribution in [0.2, 0.25) is 0 Å². The Morgan fingerprint density at radius 2 is 2.25 bits per heavy atom. The van der Waals surface area contributed by atoms with Crippen molar-refractivity contribution in [1.82, 2.24) is 0 Å². The van der Waals surface area contributed by atoms with Crippen LogP contribution >= 0.6 is 11.8 Å². The van der Waals surface area contributed by atoms with Crippen molar-refractivity contribution in [2.75, 3.05) is 11.4 Å². The number of fused-ring (bicyclic) bond motifs is 1. The third-order valence-corrected chi connectivity index (χ3v) is 3.26. The molecule has 0 atom stereocenters. The minimum absolute atomic E-state index is 0.00647. The zero-order chi connectivity index (χ0) is 11.7. The molecule has 2 rings (SSSR count). The molecule has 0 N–H and O–H groups in total. The number of anilines is 1. The van der Waals surface area contributed by atoms with Gasteiger partial charge in [-0.3, -0.25) is 4.79 Å². The Balaban J connectivity index is 2.25. The molecule has 0 saturated carbocycles. The lowest BCUT2D eigenvalue weighted by Crippen LogP contribution is -2.25. The fourth-order valence-corrected chi connectivity index (χ4v) is 2.44. The van der Waals surface area contributed by atoms with E-state index >= 15 is 0 Å². The number of hydrogen-bond acceptors (Lipinski definition) is 2. The van der Waals surface area contributed by atoms with Crippen LogP contribution in [0, 0.1) is 0 Å². The summed E-state index contributed by atoms with van der Waals surface area (Å²) < 4.78 is 24.4. The fraction of sp³-hybridized carbons (Fsp3) is 0.364. The number of amides is 1. The van der Waals surface area contributed by atoms with Crippen molar-refractivity contribution in [3.8, 4) is 0 Å². The van der Waals surface area contributed by atoms with Crippen LogP contribution < -0.4 is 4.90 Å². The molecule has 1 aliphatic heterocycles. The number of benzene rings is 1. The van der Waals surface area contributed by atoms with Gasteiger partial charge in [-0.05, 0) is 30.2 Å². The third kappa shape index (κ3) is 2.19. The lowest BCUT2D eigenvalue weighted by molar-refractivity contribution is -0.116. The molecule has 0 fully saturated rings. The Kier molecular flexibility index (Phi) is 3.14. The highest BCUT2D eigenvalue weighted by Gasteiger charge is 2.22. The van der Waals surface area contributed by atoms with Gasteiger partial charge in [-0.15, -0.1) is 0 Å². The second-order valence-electron chi connectivity index (χ2n) is 3.59. The van der Waals surface area contributed by atoms with E-state index in [9.17, 15) is 13.6 Å². The van der Waals surface area contributed by atoms with Gasteiger partial charge in [0.05, 0.1) is 0 Å². The van der Waals surface area contributed by atoms with E-state index in [1.807, 2.05) is 0 Å². The summed E-state index contributed by atoms with van der Waals surface area (Å²) in [5.41, 5.74) is 1.83. The highest BCUT2D eigenvalue weighted by molar-refractivity contribution is 7.99. The van der Waals surface area contributed by atoms with E-state index in [2.05, 4.69) is 0 Å². The maximum Gasteiger partial charge on any atom is 0.288 e. The summed E-state index contributed by atoms with van der Waals surface area (Å²) in [4.78, 5) is 13.5. The summed E-state index contributed by atoms with van der Waals surface area (Å²) in [6, 6.07) is 5.13. The van der Waals surface area contributed by atoms with Crippen molar-refractivity contribution in [3.63, 3.8) is 0 Å². The molecule has 0 aromatic heterocycles. The Hall–Kier alpha value is -1.10. The summed E-state index contributed by atoms with van der Waals surface area (Å²) >= 11 is 0.537. The summed E-state index contributed by atoms with van der Waals surface area (Å²) in [7, 11) is 0. The average Bonchev–Trinajstić information content (AvgIpc) is 2.59. The number of nitrogens with zero attached hydrogens (tertiary/aromatic N) is 1. The van der Waals surface area contributed by atoms with E-state index < -0.39 is 5.76 Å². The molecular weight excluding hydrogens is 232 g/mol. The van der Waals surface area contributed by atoms with Crippen LogP contribution in [-0.2, 0) is 11.2 Å². The first-order valence-corrected chi connectivity index (χ1v) is 5.82. The SMILES string of the molecule is CC(=O)N1CCc2cc(SC(F)F)ccc21. The van der Waals surface area contributed by atoms with Crippen molar-refractivity contribution in [3.05, 3.63) is 23.8 Å². The first-order chi connectivity index (χ1) is 7.58. The molecule has 1 aromatic rings. The summed E-state index contributed by atoms with van der Waals surface area (Å²) in [5.74, 6) is -2.41. The maximum atomic E-state index is 12.2. The molecule has 1 heterocycles. The van der Waals surface area contributed by atoms with Gasteiger partial charge in [0.25, 0.3) is 5.76 Å². The Morgan fingerprint density at radius 1 is 1.50 bits per heavy atom. The largest absolute Gasteiger partial charge is 0.312 e. The zero-order valence-corrected chi connectivity index (χ0v) is 9.56. The Labute approximate surface area is 96.6 Å². The summed E-state index contributed by atoms with van der Waals surface area (Å²) in [5, 5.41) is 0. The van der Waals surface area contributed by atoms with Crippen LogP contribution in [0.15, 0.2) is 23.1 Å². The van der Waals surface area contributed by atoms with Crippen LogP contribution in [0.25, 0.3) is 0 Å². The molecule has 0 unspecified atom stereocenters. The monoisotopic (exact) mass is 243 g/mol. The second-order valence-corrected chi connectivity index (χ2v) is 4.65. The highest BCUT2D eigenvalue weighted by Crippen LogP contribution is 2.33. The molecule has 0 bridgehead atoms. The topological polar surface area (TPSA) is 20.3 Å². The number of rotatable bonds is 2. The fourth-order valence-electron chi connectivity index (χ4n) is 1.88. The van der Waals surface area contributed by atoms with E-state index in [0.717, 1.165) is 17.7 Å². The molecule has 0 saturated heterocycles. The molecule has 0 radical (unpaired) electrons. The van der Waals surface area contributed by atoms with Gasteiger partial charge in [0, 0.05) is 24.1 Å². The predicted molar refractivity (Wildman–Crippen MR) is 60.0 cm³/mol. The lowest BCUT2D eigenvalue weighted by atomic mass is 10.2. The van der Waals surface area contributed by atoms with Gasteiger partial charge < -0.3 is 4.90 Å². The third-order valence-electron chi connectivity index (χ3n) is 2.55. The van der Waals surface area contributed by atoms with E-state index in [4.69, 9.17) is 0 Å². The van der Waals surface area contributed by atoms with Crippen LogP contribution in [0.3, 0.4) is 0 Å². The first kappa shape index (κ1) is 11.4. The van der Waals surface area contributed by atoms with Gasteiger partial charge >= 0.3 is 0 Å². The van der Waals surface area contributed by atoms with Crippen LogP contribution in [-0.4, -0.2) is 18.2 Å². The van der Waals surface area contributed by atoms with Gasteiger partial charge in [-0.25, -0.2) is 0 Å². The predicted octanol–water partition coefficient (Wildman–Crippen LogP) is 2.91. The molecule has 0 aliphatic carbocycles. The van der Waals surface area contributed by atoms with E-state index in [-0.39, 0.29) is 5.91 Å². The maximum absolute atomic E-state index is 12.2. The molecule has 1 aliphatic rings. The smallest absolute Gasteiger partial charge is 0.288 e. The van der Waals surface area contributed by atoms with Crippen LogP contribution in [0.1, 0.15) is 12.5 Å². The molecule has 16 heavy (non-hydrogen) atoms. The van der Waals surface area contributed by atoms with E-state index in [1.165, 1.54) is 6.92 Å². The number of hydrogen-bond donors (Lipinski definition) is 0. The van der Waals surface area contributed by atoms with Gasteiger partial charge in [0.2, 0.25) is 5.91 Å². The summed E-state index contributed by atoms with van der Waals surface area (Å²) in [6.07, 6.45) is 0.743. The summed E-state index contributed by atoms with van der Waals surface area (Å²) in [6.45, 7) is 2.16. The van der Waals surface area contributed by atoms with Gasteiger partial charge in [0.1, 0.15) is 0 Å². The number of thioether (sulfide) groups is 1. The quantitative estimate of drug-likeness (QED) is 0.744. The standard InChI is InChI=1S/C11H11F2NOS/c1-7(15)14-5-4-8-6-9(16-11(12)13)2-3-10(8)14/h2-3,6,11H,4-5H2,1H3. The lowest BCUT2D eigenvalue weighted by Gasteiger charge is -2.14. The molecule has 2 nitrogen and oxygen atoms in total. The van der Waals surface area contributed by atoms with Crippen molar-refractivity contribution >= 4 is 23.4 Å². The Bertz CT molecular complexity index is 422. The van der Waals surface area contributed by atoms with E-state index in [1.54, 1.807) is 23.1 Å². The number of halogens is 2. The number of carbonyl (C=O) groups is 1. The van der Waals surface area contributed by atoms with Gasteiger partial charge in [-0.1, -0.05) is 11.8 Å². The normalized spacial score (nSPS) is 14.4. The van der Waals surface area contributed by atoms with Gasteiger partial charge in [-0.2, -0.15) is 8.78 Å². The molecular formula is C11H11F2NOS. The molecule has 1 amide bonds. The average molecular weight is 243 g/mol. The molecule has 1 aromatic carbocycles. The number of carbonyl (C=O) groups excluding carboxylic acids is 1. The van der Waals surface area contributed by atoms with Gasteiger partial charge in [0.15, 0.2) is 0 Å².